The van der Waals surface area contributed by atoms with Crippen molar-refractivity contribution in [3.05, 3.63) is 12.7 Å². The average molecular weight is 262 g/mol. The van der Waals surface area contributed by atoms with Crippen LogP contribution in [0.1, 0.15) is 12.8 Å². The molecule has 0 saturated carbocycles. The van der Waals surface area contributed by atoms with Crippen LogP contribution in [-0.4, -0.2) is 49.4 Å². The standard InChI is InChI=1S/C11H19N3O2.ClH/c1-3-7-14(2)10(15)8-13-11(16)9-5-4-6-12-9;/h3,9,12H,1,4-8H2,2H3,(H,13,16);1H. The van der Waals surface area contributed by atoms with Crippen molar-refractivity contribution in [2.75, 3.05) is 26.7 Å². The Bertz CT molecular complexity index is 278. The molecular weight excluding hydrogens is 242 g/mol. The van der Waals surface area contributed by atoms with Gasteiger partial charge in [0.2, 0.25) is 11.8 Å². The highest BCUT2D eigenvalue weighted by atomic mass is 35.5. The first kappa shape index (κ1) is 15.9. The number of carbonyl (C=O) groups is 2. The fourth-order valence-corrected chi connectivity index (χ4v) is 1.62. The fraction of sp³-hybridized carbons (Fsp3) is 0.636. The van der Waals surface area contributed by atoms with Gasteiger partial charge in [-0.3, -0.25) is 9.59 Å². The van der Waals surface area contributed by atoms with Gasteiger partial charge in [0.25, 0.3) is 0 Å². The molecule has 1 heterocycles. The van der Waals surface area contributed by atoms with Crippen molar-refractivity contribution >= 4 is 24.2 Å². The molecule has 5 nitrogen and oxygen atoms in total. The smallest absolute Gasteiger partial charge is 0.241 e. The number of nitrogens with one attached hydrogen (secondary N) is 2. The Morgan fingerprint density at radius 1 is 1.59 bits per heavy atom. The average Bonchev–Trinajstić information content (AvgIpc) is 2.79. The Kier molecular flexibility index (Phi) is 7.58. The molecule has 1 aliphatic rings. The van der Waals surface area contributed by atoms with Crippen molar-refractivity contribution in [3.8, 4) is 0 Å². The van der Waals surface area contributed by atoms with Crippen LogP contribution in [0.15, 0.2) is 12.7 Å². The van der Waals surface area contributed by atoms with Crippen LogP contribution >= 0.6 is 12.4 Å². The maximum Gasteiger partial charge on any atom is 0.241 e. The predicted octanol–water partition coefficient (Wildman–Crippen LogP) is -0.0792. The van der Waals surface area contributed by atoms with Crippen LogP contribution in [0, 0.1) is 0 Å². The van der Waals surface area contributed by atoms with Gasteiger partial charge in [-0.2, -0.15) is 0 Å². The zero-order valence-electron chi connectivity index (χ0n) is 10.1. The van der Waals surface area contributed by atoms with Crippen molar-refractivity contribution in [3.63, 3.8) is 0 Å². The third-order valence-corrected chi connectivity index (χ3v) is 2.62. The molecule has 98 valence electrons. The molecule has 2 N–H and O–H groups in total. The highest BCUT2D eigenvalue weighted by molar-refractivity contribution is 5.87. The lowest BCUT2D eigenvalue weighted by Gasteiger charge is -2.16. The number of likely N-dealkylation sites (N-methyl/N-ethyl adjacent to an activating group) is 1. The third kappa shape index (κ3) is 5.19. The zero-order valence-corrected chi connectivity index (χ0v) is 10.9. The number of nitrogens with zero attached hydrogens (tertiary/aromatic N) is 1. The quantitative estimate of drug-likeness (QED) is 0.681. The third-order valence-electron chi connectivity index (χ3n) is 2.62. The molecule has 0 aromatic carbocycles. The summed E-state index contributed by atoms with van der Waals surface area (Å²) in [5.74, 6) is -0.191. The summed E-state index contributed by atoms with van der Waals surface area (Å²) in [7, 11) is 1.68. The number of rotatable bonds is 5. The largest absolute Gasteiger partial charge is 0.346 e. The second-order valence-corrected chi connectivity index (χ2v) is 3.93. The molecule has 0 aromatic heterocycles. The molecule has 1 atom stereocenters. The molecule has 1 saturated heterocycles. The van der Waals surface area contributed by atoms with Crippen molar-refractivity contribution in [2.45, 2.75) is 18.9 Å². The van der Waals surface area contributed by atoms with Gasteiger partial charge in [0, 0.05) is 13.6 Å². The molecule has 0 aliphatic carbocycles. The van der Waals surface area contributed by atoms with Gasteiger partial charge in [0.05, 0.1) is 12.6 Å². The first-order valence-electron chi connectivity index (χ1n) is 5.51. The van der Waals surface area contributed by atoms with E-state index in [1.165, 1.54) is 4.90 Å². The van der Waals surface area contributed by atoms with Crippen LogP contribution in [0.5, 0.6) is 0 Å². The number of amides is 2. The molecule has 0 bridgehead atoms. The molecule has 0 radical (unpaired) electrons. The molecule has 2 amide bonds. The highest BCUT2D eigenvalue weighted by Crippen LogP contribution is 2.04. The predicted molar refractivity (Wildman–Crippen MR) is 69.1 cm³/mol. The second-order valence-electron chi connectivity index (χ2n) is 3.93. The molecule has 6 heteroatoms. The van der Waals surface area contributed by atoms with Gasteiger partial charge in [0.1, 0.15) is 0 Å². The summed E-state index contributed by atoms with van der Waals surface area (Å²) in [6.07, 6.45) is 3.52. The Labute approximate surface area is 108 Å². The van der Waals surface area contributed by atoms with Crippen molar-refractivity contribution in [2.24, 2.45) is 0 Å². The van der Waals surface area contributed by atoms with Crippen molar-refractivity contribution < 1.29 is 9.59 Å². The monoisotopic (exact) mass is 261 g/mol. The molecule has 1 rings (SSSR count). The van der Waals surface area contributed by atoms with E-state index in [1.807, 2.05) is 0 Å². The van der Waals surface area contributed by atoms with E-state index in [9.17, 15) is 9.59 Å². The minimum atomic E-state index is -0.127. The summed E-state index contributed by atoms with van der Waals surface area (Å²) in [5.41, 5.74) is 0. The minimum absolute atomic E-state index is 0. The Hall–Kier alpha value is -1.07. The van der Waals surface area contributed by atoms with Crippen LogP contribution in [-0.2, 0) is 9.59 Å². The lowest BCUT2D eigenvalue weighted by atomic mass is 10.2. The molecule has 17 heavy (non-hydrogen) atoms. The fourth-order valence-electron chi connectivity index (χ4n) is 1.62. The summed E-state index contributed by atoms with van der Waals surface area (Å²) in [5, 5.41) is 5.72. The van der Waals surface area contributed by atoms with E-state index in [0.29, 0.717) is 6.54 Å². The van der Waals surface area contributed by atoms with Gasteiger partial charge in [-0.25, -0.2) is 0 Å². The van der Waals surface area contributed by atoms with E-state index >= 15 is 0 Å². The van der Waals surface area contributed by atoms with Crippen molar-refractivity contribution in [1.82, 2.24) is 15.5 Å². The van der Waals surface area contributed by atoms with Crippen LogP contribution in [0.2, 0.25) is 0 Å². The van der Waals surface area contributed by atoms with E-state index in [4.69, 9.17) is 0 Å². The summed E-state index contributed by atoms with van der Waals surface area (Å²) < 4.78 is 0. The summed E-state index contributed by atoms with van der Waals surface area (Å²) in [4.78, 5) is 24.6. The second kappa shape index (κ2) is 8.08. The van der Waals surface area contributed by atoms with Crippen molar-refractivity contribution in [1.29, 1.82) is 0 Å². The SMILES string of the molecule is C=CCN(C)C(=O)CNC(=O)C1CCCN1.Cl. The maximum absolute atomic E-state index is 11.6. The van der Waals surface area contributed by atoms with E-state index in [2.05, 4.69) is 17.2 Å². The molecular formula is C11H20ClN3O2. The topological polar surface area (TPSA) is 61.4 Å². The van der Waals surface area contributed by atoms with Gasteiger partial charge < -0.3 is 15.5 Å². The van der Waals surface area contributed by atoms with Gasteiger partial charge in [0.15, 0.2) is 0 Å². The minimum Gasteiger partial charge on any atom is -0.346 e. The van der Waals surface area contributed by atoms with E-state index < -0.39 is 0 Å². The summed E-state index contributed by atoms with van der Waals surface area (Å²) in [6, 6.07) is -0.127. The Balaban J connectivity index is 0.00000256. The van der Waals surface area contributed by atoms with E-state index in [0.717, 1.165) is 19.4 Å². The first-order chi connectivity index (χ1) is 7.65. The van der Waals surface area contributed by atoms with E-state index in [-0.39, 0.29) is 36.8 Å². The summed E-state index contributed by atoms with van der Waals surface area (Å²) in [6.45, 7) is 4.98. The van der Waals surface area contributed by atoms with Gasteiger partial charge >= 0.3 is 0 Å². The lowest BCUT2D eigenvalue weighted by Crippen LogP contribution is -2.45. The molecule has 1 aliphatic heterocycles. The molecule has 0 aromatic rings. The Morgan fingerprint density at radius 2 is 2.29 bits per heavy atom. The van der Waals surface area contributed by atoms with Gasteiger partial charge in [-0.15, -0.1) is 19.0 Å². The van der Waals surface area contributed by atoms with E-state index in [1.54, 1.807) is 13.1 Å². The molecule has 1 unspecified atom stereocenters. The molecule has 0 spiro atoms. The lowest BCUT2D eigenvalue weighted by molar-refractivity contribution is -0.131. The van der Waals surface area contributed by atoms with Crippen LogP contribution in [0.3, 0.4) is 0 Å². The van der Waals surface area contributed by atoms with Crippen LogP contribution in [0.4, 0.5) is 0 Å². The van der Waals surface area contributed by atoms with Crippen LogP contribution < -0.4 is 10.6 Å². The highest BCUT2D eigenvalue weighted by Gasteiger charge is 2.22. The van der Waals surface area contributed by atoms with Gasteiger partial charge in [-0.1, -0.05) is 6.08 Å². The summed E-state index contributed by atoms with van der Waals surface area (Å²) >= 11 is 0. The Morgan fingerprint density at radius 3 is 2.82 bits per heavy atom. The normalized spacial score (nSPS) is 18.1. The number of carbonyl (C=O) groups excluding carboxylic acids is 2. The first-order valence-corrected chi connectivity index (χ1v) is 5.51. The zero-order chi connectivity index (χ0) is 12.0. The maximum atomic E-state index is 11.6. The number of halogens is 1. The van der Waals surface area contributed by atoms with Gasteiger partial charge in [-0.05, 0) is 19.4 Å². The number of hydrogen-bond donors (Lipinski definition) is 2. The number of hydrogen-bond acceptors (Lipinski definition) is 3. The van der Waals surface area contributed by atoms with Crippen LogP contribution in [0.25, 0.3) is 0 Å². The molecule has 1 fully saturated rings.